The summed E-state index contributed by atoms with van der Waals surface area (Å²) in [4.78, 5) is 16.5. The summed E-state index contributed by atoms with van der Waals surface area (Å²) in [5, 5.41) is 21.2. The number of hydrogen-bond acceptors (Lipinski definition) is 8. The van der Waals surface area contributed by atoms with Crippen LogP contribution in [0.3, 0.4) is 0 Å². The van der Waals surface area contributed by atoms with Crippen molar-refractivity contribution < 1.29 is 29.2 Å². The third-order valence-electron chi connectivity index (χ3n) is 8.94. The second kappa shape index (κ2) is 15.5. The highest BCUT2D eigenvalue weighted by Crippen LogP contribution is 2.40. The summed E-state index contributed by atoms with van der Waals surface area (Å²) < 4.78 is 17.8. The van der Waals surface area contributed by atoms with Gasteiger partial charge in [-0.15, -0.1) is 0 Å². The minimum Gasteiger partial charge on any atom is -0.507 e. The zero-order valence-electron chi connectivity index (χ0n) is 27.5. The van der Waals surface area contributed by atoms with E-state index < -0.39 is 0 Å². The van der Waals surface area contributed by atoms with Crippen LogP contribution in [0.2, 0.25) is 5.02 Å². The number of likely N-dealkylation sites (tertiary alicyclic amines) is 1. The molecule has 0 bridgehead atoms. The Hall–Kier alpha value is -3.30. The number of halogens is 1. The fourth-order valence-corrected chi connectivity index (χ4v) is 6.60. The van der Waals surface area contributed by atoms with Gasteiger partial charge in [-0.2, -0.15) is 0 Å². The molecule has 0 spiro atoms. The molecule has 8 nitrogen and oxygen atoms in total. The monoisotopic (exact) mass is 650 g/mol. The molecule has 46 heavy (non-hydrogen) atoms. The Kier molecular flexibility index (Phi) is 11.5. The predicted molar refractivity (Wildman–Crippen MR) is 181 cm³/mol. The van der Waals surface area contributed by atoms with E-state index in [1.165, 1.54) is 0 Å². The van der Waals surface area contributed by atoms with Crippen LogP contribution >= 0.6 is 11.6 Å². The van der Waals surface area contributed by atoms with Gasteiger partial charge in [0, 0.05) is 44.4 Å². The first-order chi connectivity index (χ1) is 22.1. The Morgan fingerprint density at radius 3 is 2.50 bits per heavy atom. The molecule has 248 valence electrons. The number of hydrogen-bond donors (Lipinski definition) is 2. The van der Waals surface area contributed by atoms with Gasteiger partial charge in [0.05, 0.1) is 30.9 Å². The summed E-state index contributed by atoms with van der Waals surface area (Å²) in [6.45, 7) is 13.4. The van der Waals surface area contributed by atoms with Crippen LogP contribution in [-0.2, 0) is 29.1 Å². The molecular formula is C37H47ClN2O6. The molecule has 9 heteroatoms. The number of carbonyl (C=O) groups excluding carboxylic acids is 1. The molecule has 2 aliphatic heterocycles. The maximum absolute atomic E-state index is 12.2. The number of benzene rings is 3. The van der Waals surface area contributed by atoms with E-state index in [0.29, 0.717) is 50.1 Å². The van der Waals surface area contributed by atoms with Crippen molar-refractivity contribution >= 4 is 17.6 Å². The molecule has 0 amide bonds. The molecular weight excluding hydrogens is 604 g/mol. The van der Waals surface area contributed by atoms with Crippen LogP contribution in [0, 0.1) is 19.8 Å². The highest BCUT2D eigenvalue weighted by molar-refractivity contribution is 6.33. The van der Waals surface area contributed by atoms with Crippen LogP contribution in [-0.4, -0.2) is 78.0 Å². The highest BCUT2D eigenvalue weighted by Gasteiger charge is 2.26. The lowest BCUT2D eigenvalue weighted by Gasteiger charge is -2.29. The van der Waals surface area contributed by atoms with Crippen LogP contribution < -0.4 is 9.47 Å². The molecule has 0 aromatic heterocycles. The van der Waals surface area contributed by atoms with E-state index in [0.717, 1.165) is 77.2 Å². The Labute approximate surface area is 277 Å². The van der Waals surface area contributed by atoms with Crippen molar-refractivity contribution in [2.45, 2.75) is 66.2 Å². The van der Waals surface area contributed by atoms with Crippen LogP contribution in [0.1, 0.15) is 54.5 Å². The third-order valence-corrected chi connectivity index (χ3v) is 9.35. The van der Waals surface area contributed by atoms with Crippen molar-refractivity contribution in [2.75, 3.05) is 45.9 Å². The van der Waals surface area contributed by atoms with E-state index in [-0.39, 0.29) is 30.3 Å². The SMILES string of the molecule is Cc1c(COc2cc(O)c3c(c2Cl)CCN(CC(=O)OCC(C)C)C3)cccc1-c1cccc(OCCCN2CC[C@@H](O)C2)c1C. The largest absolute Gasteiger partial charge is 0.507 e. The topological polar surface area (TPSA) is 91.7 Å². The van der Waals surface area contributed by atoms with Gasteiger partial charge >= 0.3 is 5.97 Å². The van der Waals surface area contributed by atoms with Crippen molar-refractivity contribution in [1.82, 2.24) is 9.80 Å². The fourth-order valence-electron chi connectivity index (χ4n) is 6.28. The number of β-amino-alcohol motifs (C(OH)–C–C–N with tert-alkyl or cyclic N) is 1. The summed E-state index contributed by atoms with van der Waals surface area (Å²) in [7, 11) is 0. The lowest BCUT2D eigenvalue weighted by Crippen LogP contribution is -2.36. The van der Waals surface area contributed by atoms with Crippen LogP contribution in [0.5, 0.6) is 17.2 Å². The second-order valence-corrected chi connectivity index (χ2v) is 13.3. The van der Waals surface area contributed by atoms with Crippen LogP contribution in [0.4, 0.5) is 0 Å². The van der Waals surface area contributed by atoms with Gasteiger partial charge in [-0.25, -0.2) is 0 Å². The molecule has 1 saturated heterocycles. The minimum absolute atomic E-state index is 0.116. The lowest BCUT2D eigenvalue weighted by molar-refractivity contribution is -0.146. The van der Waals surface area contributed by atoms with Crippen molar-refractivity contribution in [3.05, 3.63) is 75.3 Å². The first-order valence-electron chi connectivity index (χ1n) is 16.4. The number of phenolic OH excluding ortho intramolecular Hbond substituents is 1. The third kappa shape index (κ3) is 8.34. The predicted octanol–water partition coefficient (Wildman–Crippen LogP) is 6.30. The number of rotatable bonds is 13. The Balaban J connectivity index is 1.22. The van der Waals surface area contributed by atoms with Crippen molar-refractivity contribution in [2.24, 2.45) is 5.92 Å². The average molecular weight is 651 g/mol. The van der Waals surface area contributed by atoms with Gasteiger partial charge in [0.1, 0.15) is 23.9 Å². The van der Waals surface area contributed by atoms with Crippen LogP contribution in [0.25, 0.3) is 11.1 Å². The molecule has 5 rings (SSSR count). The summed E-state index contributed by atoms with van der Waals surface area (Å²) in [5.41, 5.74) is 7.03. The quantitative estimate of drug-likeness (QED) is 0.165. The maximum atomic E-state index is 12.2. The summed E-state index contributed by atoms with van der Waals surface area (Å²) in [6.07, 6.45) is 2.17. The Morgan fingerprint density at radius 2 is 1.76 bits per heavy atom. The highest BCUT2D eigenvalue weighted by atomic mass is 35.5. The molecule has 0 unspecified atom stereocenters. The zero-order chi connectivity index (χ0) is 32.8. The fraction of sp³-hybridized carbons (Fsp3) is 0.486. The minimum atomic E-state index is -0.259. The van der Waals surface area contributed by atoms with Crippen molar-refractivity contribution in [3.63, 3.8) is 0 Å². The first-order valence-corrected chi connectivity index (χ1v) is 16.7. The molecule has 0 aliphatic carbocycles. The van der Waals surface area contributed by atoms with E-state index in [4.69, 9.17) is 25.8 Å². The number of ether oxygens (including phenoxy) is 3. The zero-order valence-corrected chi connectivity index (χ0v) is 28.2. The summed E-state index contributed by atoms with van der Waals surface area (Å²) >= 11 is 6.83. The van der Waals surface area contributed by atoms with Crippen LogP contribution in [0.15, 0.2) is 42.5 Å². The van der Waals surface area contributed by atoms with E-state index in [1.807, 2.05) is 43.0 Å². The number of aliphatic hydroxyl groups is 1. The summed E-state index contributed by atoms with van der Waals surface area (Å²) in [6, 6.07) is 13.9. The molecule has 2 heterocycles. The Morgan fingerprint density at radius 1 is 1.00 bits per heavy atom. The van der Waals surface area contributed by atoms with E-state index >= 15 is 0 Å². The molecule has 1 atom stereocenters. The molecule has 3 aromatic carbocycles. The number of aromatic hydroxyl groups is 1. The molecule has 0 radical (unpaired) electrons. The number of fused-ring (bicyclic) bond motifs is 1. The van der Waals surface area contributed by atoms with Gasteiger partial charge in [0.25, 0.3) is 0 Å². The molecule has 1 fully saturated rings. The van der Waals surface area contributed by atoms with E-state index in [9.17, 15) is 15.0 Å². The average Bonchev–Trinajstić information content (AvgIpc) is 3.45. The van der Waals surface area contributed by atoms with Gasteiger partial charge in [-0.1, -0.05) is 55.8 Å². The number of nitrogens with zero attached hydrogens (tertiary/aromatic N) is 2. The van der Waals surface area contributed by atoms with Gasteiger partial charge in [0.15, 0.2) is 0 Å². The van der Waals surface area contributed by atoms with Gasteiger partial charge in [0.2, 0.25) is 0 Å². The number of carbonyl (C=O) groups is 1. The standard InChI is InChI=1S/C37H47ClN2O6/c1-24(2)22-46-36(43)21-40-16-13-31-32(20-40)33(42)18-35(37(31)38)45-23-27-8-5-9-29(25(27)3)30-10-6-11-34(26(30)4)44-17-7-14-39-15-12-28(41)19-39/h5-6,8-11,18,24,28,41-42H,7,12-17,19-23H2,1-4H3/t28-/m1/s1. The van der Waals surface area contributed by atoms with Gasteiger partial charge in [-0.05, 0) is 78.5 Å². The van der Waals surface area contributed by atoms with Crippen molar-refractivity contribution in [3.8, 4) is 28.4 Å². The molecule has 2 aliphatic rings. The number of esters is 1. The molecule has 3 aromatic rings. The van der Waals surface area contributed by atoms with Gasteiger partial charge < -0.3 is 29.3 Å². The van der Waals surface area contributed by atoms with Crippen molar-refractivity contribution in [1.29, 1.82) is 0 Å². The second-order valence-electron chi connectivity index (χ2n) is 13.0. The molecule has 0 saturated carbocycles. The normalized spacial score (nSPS) is 16.9. The summed E-state index contributed by atoms with van der Waals surface area (Å²) in [5.74, 6) is 1.46. The van der Waals surface area contributed by atoms with Gasteiger partial charge in [-0.3, -0.25) is 9.69 Å². The molecule has 2 N–H and O–H groups in total. The van der Waals surface area contributed by atoms with E-state index in [1.54, 1.807) is 6.07 Å². The first kappa shape index (κ1) is 34.0. The Bertz CT molecular complexity index is 1530. The smallest absolute Gasteiger partial charge is 0.320 e. The number of phenols is 1. The van der Waals surface area contributed by atoms with E-state index in [2.05, 4.69) is 30.9 Å². The lowest BCUT2D eigenvalue weighted by atomic mass is 9.93. The number of aliphatic hydroxyl groups excluding tert-OH is 1. The maximum Gasteiger partial charge on any atom is 0.320 e.